The highest BCUT2D eigenvalue weighted by atomic mass is 79.9. The van der Waals surface area contributed by atoms with Gasteiger partial charge >= 0.3 is 0 Å². The molecule has 0 aliphatic heterocycles. The molecule has 0 aliphatic carbocycles. The topological polar surface area (TPSA) is 29.1 Å². The van der Waals surface area contributed by atoms with Crippen molar-refractivity contribution in [1.82, 2.24) is 5.32 Å². The Balaban J connectivity index is 2.10. The van der Waals surface area contributed by atoms with Crippen molar-refractivity contribution in [3.05, 3.63) is 68.7 Å². The summed E-state index contributed by atoms with van der Waals surface area (Å²) in [6.45, 7) is 0.126. The van der Waals surface area contributed by atoms with Crippen LogP contribution in [0.1, 0.15) is 15.9 Å². The molecule has 2 aromatic rings. The highest BCUT2D eigenvalue weighted by Crippen LogP contribution is 2.21. The van der Waals surface area contributed by atoms with E-state index in [0.29, 0.717) is 10.6 Å². The molecule has 0 spiro atoms. The number of rotatable bonds is 3. The minimum atomic E-state index is -0.772. The van der Waals surface area contributed by atoms with Crippen molar-refractivity contribution in [3.8, 4) is 0 Å². The van der Waals surface area contributed by atoms with Gasteiger partial charge in [0.25, 0.3) is 5.91 Å². The standard InChI is InChI=1S/C14H9BrClF2NO/c15-9-2-1-8(12(16)5-9)7-19-14(20)11-6-10(17)3-4-13(11)18/h1-6H,7H2,(H,19,20). The molecular weight excluding hydrogens is 352 g/mol. The molecule has 0 bridgehead atoms. The third-order valence-corrected chi connectivity index (χ3v) is 3.47. The molecule has 0 heterocycles. The number of carbonyl (C=O) groups excluding carboxylic acids is 1. The number of carbonyl (C=O) groups is 1. The van der Waals surface area contributed by atoms with E-state index in [-0.39, 0.29) is 12.1 Å². The lowest BCUT2D eigenvalue weighted by molar-refractivity contribution is 0.0946. The SMILES string of the molecule is O=C(NCc1ccc(Br)cc1Cl)c1cc(F)ccc1F. The Hall–Kier alpha value is -1.46. The van der Waals surface area contributed by atoms with E-state index in [0.717, 1.165) is 22.7 Å². The summed E-state index contributed by atoms with van der Waals surface area (Å²) in [6.07, 6.45) is 0. The van der Waals surface area contributed by atoms with Crippen molar-refractivity contribution in [2.75, 3.05) is 0 Å². The second kappa shape index (κ2) is 6.33. The van der Waals surface area contributed by atoms with Crippen molar-refractivity contribution in [2.24, 2.45) is 0 Å². The molecular formula is C14H9BrClF2NO. The Morgan fingerprint density at radius 2 is 1.95 bits per heavy atom. The highest BCUT2D eigenvalue weighted by Gasteiger charge is 2.13. The van der Waals surface area contributed by atoms with Gasteiger partial charge in [0.2, 0.25) is 0 Å². The predicted molar refractivity (Wildman–Crippen MR) is 76.7 cm³/mol. The molecule has 104 valence electrons. The Morgan fingerprint density at radius 1 is 1.20 bits per heavy atom. The number of nitrogens with one attached hydrogen (secondary N) is 1. The van der Waals surface area contributed by atoms with Crippen molar-refractivity contribution in [1.29, 1.82) is 0 Å². The van der Waals surface area contributed by atoms with Crippen LogP contribution in [0.2, 0.25) is 5.02 Å². The summed E-state index contributed by atoms with van der Waals surface area (Å²) in [5, 5.41) is 2.97. The molecule has 0 aliphatic rings. The van der Waals surface area contributed by atoms with Gasteiger partial charge in [-0.25, -0.2) is 8.78 Å². The molecule has 1 N–H and O–H groups in total. The summed E-state index contributed by atoms with van der Waals surface area (Å²) in [5.41, 5.74) is 0.346. The monoisotopic (exact) mass is 359 g/mol. The van der Waals surface area contributed by atoms with Crippen molar-refractivity contribution >= 4 is 33.4 Å². The molecule has 0 fully saturated rings. The fraction of sp³-hybridized carbons (Fsp3) is 0.0714. The van der Waals surface area contributed by atoms with E-state index < -0.39 is 17.5 Å². The number of benzene rings is 2. The molecule has 2 nitrogen and oxygen atoms in total. The number of halogens is 4. The molecule has 6 heteroatoms. The Morgan fingerprint density at radius 3 is 2.65 bits per heavy atom. The summed E-state index contributed by atoms with van der Waals surface area (Å²) < 4.78 is 27.2. The zero-order valence-corrected chi connectivity index (χ0v) is 12.4. The van der Waals surface area contributed by atoms with Gasteiger partial charge in [-0.3, -0.25) is 4.79 Å². The van der Waals surface area contributed by atoms with E-state index in [4.69, 9.17) is 11.6 Å². The molecule has 0 saturated carbocycles. The lowest BCUT2D eigenvalue weighted by atomic mass is 10.1. The van der Waals surface area contributed by atoms with E-state index >= 15 is 0 Å². The largest absolute Gasteiger partial charge is 0.348 e. The summed E-state index contributed by atoms with van der Waals surface area (Å²) >= 11 is 9.27. The fourth-order valence-corrected chi connectivity index (χ4v) is 2.35. The maximum absolute atomic E-state index is 13.4. The first kappa shape index (κ1) is 14.9. The van der Waals surface area contributed by atoms with Crippen molar-refractivity contribution in [2.45, 2.75) is 6.54 Å². The molecule has 0 unspecified atom stereocenters. The Bertz CT molecular complexity index is 664. The zero-order valence-electron chi connectivity index (χ0n) is 10.1. The van der Waals surface area contributed by atoms with Gasteiger partial charge in [0.1, 0.15) is 11.6 Å². The second-order valence-corrected chi connectivity index (χ2v) is 5.37. The minimum absolute atomic E-state index is 0.126. The Kier molecular flexibility index (Phi) is 4.73. The first-order valence-electron chi connectivity index (χ1n) is 5.64. The summed E-state index contributed by atoms with van der Waals surface area (Å²) in [7, 11) is 0. The first-order valence-corrected chi connectivity index (χ1v) is 6.81. The molecule has 2 rings (SSSR count). The zero-order chi connectivity index (χ0) is 14.7. The molecule has 1 amide bonds. The first-order chi connectivity index (χ1) is 9.47. The van der Waals surface area contributed by atoms with E-state index in [1.165, 1.54) is 0 Å². The van der Waals surface area contributed by atoms with Gasteiger partial charge in [0.05, 0.1) is 5.56 Å². The van der Waals surface area contributed by atoms with Crippen LogP contribution in [0, 0.1) is 11.6 Å². The molecule has 0 atom stereocenters. The second-order valence-electron chi connectivity index (χ2n) is 4.04. The average Bonchev–Trinajstić information content (AvgIpc) is 2.40. The molecule has 0 saturated heterocycles. The third kappa shape index (κ3) is 3.55. The summed E-state index contributed by atoms with van der Waals surface area (Å²) in [6, 6.07) is 7.92. The van der Waals surface area contributed by atoms with Gasteiger partial charge < -0.3 is 5.32 Å². The quantitative estimate of drug-likeness (QED) is 0.868. The van der Waals surface area contributed by atoms with Crippen LogP contribution in [0.5, 0.6) is 0 Å². The molecule has 2 aromatic carbocycles. The van der Waals surface area contributed by atoms with Crippen LogP contribution in [0.25, 0.3) is 0 Å². The van der Waals surface area contributed by atoms with Crippen LogP contribution in [0.15, 0.2) is 40.9 Å². The smallest absolute Gasteiger partial charge is 0.254 e. The van der Waals surface area contributed by atoms with E-state index in [1.807, 2.05) is 0 Å². The van der Waals surface area contributed by atoms with Crippen LogP contribution < -0.4 is 5.32 Å². The third-order valence-electron chi connectivity index (χ3n) is 2.63. The number of hydrogen-bond donors (Lipinski definition) is 1. The van der Waals surface area contributed by atoms with Gasteiger partial charge in [-0.2, -0.15) is 0 Å². The fourth-order valence-electron chi connectivity index (χ4n) is 1.61. The molecule has 0 radical (unpaired) electrons. The molecule has 20 heavy (non-hydrogen) atoms. The minimum Gasteiger partial charge on any atom is -0.348 e. The van der Waals surface area contributed by atoms with Gasteiger partial charge in [0, 0.05) is 16.0 Å². The van der Waals surface area contributed by atoms with Crippen LogP contribution in [0.3, 0.4) is 0 Å². The van der Waals surface area contributed by atoms with Gasteiger partial charge in [-0.05, 0) is 35.9 Å². The predicted octanol–water partition coefficient (Wildman–Crippen LogP) is 4.31. The van der Waals surface area contributed by atoms with Crippen molar-refractivity contribution in [3.63, 3.8) is 0 Å². The maximum Gasteiger partial charge on any atom is 0.254 e. The number of hydrogen-bond acceptors (Lipinski definition) is 1. The van der Waals surface area contributed by atoms with Crippen LogP contribution in [-0.4, -0.2) is 5.91 Å². The number of amides is 1. The van der Waals surface area contributed by atoms with E-state index in [9.17, 15) is 13.6 Å². The van der Waals surface area contributed by atoms with Gasteiger partial charge in [0.15, 0.2) is 0 Å². The van der Waals surface area contributed by atoms with Gasteiger partial charge in [-0.1, -0.05) is 33.6 Å². The lowest BCUT2D eigenvalue weighted by Crippen LogP contribution is -2.24. The van der Waals surface area contributed by atoms with Crippen LogP contribution >= 0.6 is 27.5 Å². The van der Waals surface area contributed by atoms with Crippen LogP contribution in [-0.2, 0) is 6.54 Å². The van der Waals surface area contributed by atoms with Crippen LogP contribution in [0.4, 0.5) is 8.78 Å². The Labute approximate surface area is 127 Å². The van der Waals surface area contributed by atoms with Crippen molar-refractivity contribution < 1.29 is 13.6 Å². The van der Waals surface area contributed by atoms with E-state index in [1.54, 1.807) is 18.2 Å². The molecule has 0 aromatic heterocycles. The average molecular weight is 361 g/mol. The van der Waals surface area contributed by atoms with E-state index in [2.05, 4.69) is 21.2 Å². The summed E-state index contributed by atoms with van der Waals surface area (Å²) in [5.74, 6) is -2.13. The maximum atomic E-state index is 13.4. The lowest BCUT2D eigenvalue weighted by Gasteiger charge is -2.08. The van der Waals surface area contributed by atoms with Gasteiger partial charge in [-0.15, -0.1) is 0 Å². The highest BCUT2D eigenvalue weighted by molar-refractivity contribution is 9.10. The normalized spacial score (nSPS) is 10.4. The summed E-state index contributed by atoms with van der Waals surface area (Å²) in [4.78, 5) is 11.8.